The summed E-state index contributed by atoms with van der Waals surface area (Å²) < 4.78 is 16.0. The lowest BCUT2D eigenvalue weighted by atomic mass is 10.2. The van der Waals surface area contributed by atoms with Crippen LogP contribution in [0, 0.1) is 0 Å². The summed E-state index contributed by atoms with van der Waals surface area (Å²) in [4.78, 5) is 26.9. The molecule has 1 N–H and O–H groups in total. The number of hydrogen-bond acceptors (Lipinski definition) is 7. The molecule has 7 nitrogen and oxygen atoms in total. The number of carbonyl (C=O) groups excluding carboxylic acids is 2. The Morgan fingerprint density at radius 2 is 1.87 bits per heavy atom. The SMILES string of the molecule is COc1cccc(NC(=O)CN2C(=O)C(=Cc3ccc(OC)c(OC)c3)SC2=S)c1. The van der Waals surface area contributed by atoms with Gasteiger partial charge >= 0.3 is 0 Å². The van der Waals surface area contributed by atoms with E-state index >= 15 is 0 Å². The molecule has 0 unspecified atom stereocenters. The summed E-state index contributed by atoms with van der Waals surface area (Å²) in [5.74, 6) is 1.10. The zero-order valence-corrected chi connectivity index (χ0v) is 18.3. The molecule has 2 aromatic rings. The van der Waals surface area contributed by atoms with E-state index in [1.807, 2.05) is 6.07 Å². The van der Waals surface area contributed by atoms with Gasteiger partial charge in [0.1, 0.15) is 16.6 Å². The molecule has 9 heteroatoms. The van der Waals surface area contributed by atoms with Crippen molar-refractivity contribution in [3.63, 3.8) is 0 Å². The number of methoxy groups -OCH3 is 3. The third kappa shape index (κ3) is 4.92. The maximum Gasteiger partial charge on any atom is 0.266 e. The number of thioether (sulfide) groups is 1. The van der Waals surface area contributed by atoms with Gasteiger partial charge in [0, 0.05) is 11.8 Å². The summed E-state index contributed by atoms with van der Waals surface area (Å²) in [6.45, 7) is -0.175. The van der Waals surface area contributed by atoms with Gasteiger partial charge in [-0.1, -0.05) is 36.1 Å². The monoisotopic (exact) mass is 444 g/mol. The first-order valence-electron chi connectivity index (χ1n) is 8.86. The number of amides is 2. The Balaban J connectivity index is 1.71. The summed E-state index contributed by atoms with van der Waals surface area (Å²) in [5, 5.41) is 2.75. The molecule has 156 valence electrons. The van der Waals surface area contributed by atoms with E-state index in [-0.39, 0.29) is 18.4 Å². The van der Waals surface area contributed by atoms with Crippen molar-refractivity contribution in [1.82, 2.24) is 4.90 Å². The molecule has 2 aromatic carbocycles. The fraction of sp³-hybridized carbons (Fsp3) is 0.190. The van der Waals surface area contributed by atoms with Gasteiger partial charge in [-0.25, -0.2) is 0 Å². The third-order valence-corrected chi connectivity index (χ3v) is 5.61. The van der Waals surface area contributed by atoms with E-state index in [2.05, 4.69) is 5.32 Å². The zero-order valence-electron chi connectivity index (χ0n) is 16.6. The van der Waals surface area contributed by atoms with Crippen molar-refractivity contribution in [1.29, 1.82) is 0 Å². The maximum atomic E-state index is 12.8. The molecular formula is C21H20N2O5S2. The average molecular weight is 445 g/mol. The highest BCUT2D eigenvalue weighted by atomic mass is 32.2. The molecular weight excluding hydrogens is 424 g/mol. The summed E-state index contributed by atoms with van der Waals surface area (Å²) in [5.41, 5.74) is 1.33. The predicted molar refractivity (Wildman–Crippen MR) is 121 cm³/mol. The van der Waals surface area contributed by atoms with Gasteiger partial charge < -0.3 is 19.5 Å². The molecule has 0 atom stereocenters. The van der Waals surface area contributed by atoms with Crippen LogP contribution in [0.5, 0.6) is 17.2 Å². The number of benzene rings is 2. The van der Waals surface area contributed by atoms with E-state index in [1.165, 1.54) is 4.90 Å². The fourth-order valence-corrected chi connectivity index (χ4v) is 4.03. The molecule has 1 aliphatic heterocycles. The standard InChI is InChI=1S/C21H20N2O5S2/c1-26-15-6-4-5-14(11-15)22-19(24)12-23-20(25)18(30-21(23)29)10-13-7-8-16(27-2)17(9-13)28-3/h4-11H,12H2,1-3H3,(H,22,24). The Morgan fingerprint density at radius 3 is 2.57 bits per heavy atom. The second kappa shape index (κ2) is 9.64. The largest absolute Gasteiger partial charge is 0.497 e. The second-order valence-corrected chi connectivity index (χ2v) is 7.84. The Kier molecular flexibility index (Phi) is 6.96. The molecule has 0 aliphatic carbocycles. The highest BCUT2D eigenvalue weighted by Crippen LogP contribution is 2.34. The first-order chi connectivity index (χ1) is 14.4. The summed E-state index contributed by atoms with van der Waals surface area (Å²) in [6, 6.07) is 12.3. The van der Waals surface area contributed by atoms with Gasteiger partial charge in [-0.15, -0.1) is 0 Å². The third-order valence-electron chi connectivity index (χ3n) is 4.23. The molecule has 0 bridgehead atoms. The van der Waals surface area contributed by atoms with Crippen LogP contribution in [0.1, 0.15) is 5.56 Å². The Labute approximate surface area is 184 Å². The first-order valence-corrected chi connectivity index (χ1v) is 10.1. The van der Waals surface area contributed by atoms with E-state index in [9.17, 15) is 9.59 Å². The van der Waals surface area contributed by atoms with Crippen LogP contribution in [0.3, 0.4) is 0 Å². The zero-order chi connectivity index (χ0) is 21.7. The van der Waals surface area contributed by atoms with Crippen molar-refractivity contribution in [2.75, 3.05) is 33.2 Å². The van der Waals surface area contributed by atoms with E-state index < -0.39 is 0 Å². The van der Waals surface area contributed by atoms with Crippen LogP contribution < -0.4 is 19.5 Å². The van der Waals surface area contributed by atoms with Gasteiger partial charge in [0.05, 0.1) is 26.2 Å². The number of hydrogen-bond donors (Lipinski definition) is 1. The summed E-state index contributed by atoms with van der Waals surface area (Å²) >= 11 is 6.46. The van der Waals surface area contributed by atoms with Gasteiger partial charge in [-0.2, -0.15) is 0 Å². The highest BCUT2D eigenvalue weighted by Gasteiger charge is 2.33. The molecule has 1 saturated heterocycles. The molecule has 0 radical (unpaired) electrons. The van der Waals surface area contributed by atoms with Gasteiger partial charge in [0.25, 0.3) is 5.91 Å². The molecule has 1 heterocycles. The van der Waals surface area contributed by atoms with E-state index in [4.69, 9.17) is 26.4 Å². The topological polar surface area (TPSA) is 77.1 Å². The minimum atomic E-state index is -0.355. The molecule has 0 saturated carbocycles. The number of carbonyl (C=O) groups is 2. The van der Waals surface area contributed by atoms with Crippen LogP contribution in [0.25, 0.3) is 6.08 Å². The smallest absolute Gasteiger partial charge is 0.266 e. The lowest BCUT2D eigenvalue weighted by Crippen LogP contribution is -2.36. The average Bonchev–Trinajstić information content (AvgIpc) is 3.01. The first kappa shape index (κ1) is 21.7. The molecule has 1 fully saturated rings. The summed E-state index contributed by atoms with van der Waals surface area (Å²) in [7, 11) is 4.65. The van der Waals surface area contributed by atoms with E-state index in [0.29, 0.717) is 32.2 Å². The summed E-state index contributed by atoms with van der Waals surface area (Å²) in [6.07, 6.45) is 1.71. The molecule has 0 spiro atoms. The Hall–Kier alpha value is -3.04. The van der Waals surface area contributed by atoms with Gasteiger partial charge in [0.15, 0.2) is 11.5 Å². The second-order valence-electron chi connectivity index (χ2n) is 6.16. The number of nitrogens with one attached hydrogen (secondary N) is 1. The number of ether oxygens (including phenoxy) is 3. The molecule has 2 amide bonds. The highest BCUT2D eigenvalue weighted by molar-refractivity contribution is 8.26. The minimum Gasteiger partial charge on any atom is -0.497 e. The lowest BCUT2D eigenvalue weighted by molar-refractivity contribution is -0.126. The van der Waals surface area contributed by atoms with Gasteiger partial charge in [-0.3, -0.25) is 14.5 Å². The van der Waals surface area contributed by atoms with Crippen molar-refractivity contribution >= 4 is 51.9 Å². The van der Waals surface area contributed by atoms with Gasteiger partial charge in [0.2, 0.25) is 5.91 Å². The number of nitrogens with zero attached hydrogens (tertiary/aromatic N) is 1. The van der Waals surface area contributed by atoms with Crippen molar-refractivity contribution in [3.05, 3.63) is 52.9 Å². The fourth-order valence-electron chi connectivity index (χ4n) is 2.78. The van der Waals surface area contributed by atoms with Crippen LogP contribution in [-0.4, -0.2) is 48.9 Å². The van der Waals surface area contributed by atoms with Crippen LogP contribution >= 0.6 is 24.0 Å². The molecule has 30 heavy (non-hydrogen) atoms. The van der Waals surface area contributed by atoms with Crippen molar-refractivity contribution in [2.24, 2.45) is 0 Å². The van der Waals surface area contributed by atoms with Crippen molar-refractivity contribution < 1.29 is 23.8 Å². The number of thiocarbonyl (C=S) groups is 1. The van der Waals surface area contributed by atoms with Crippen molar-refractivity contribution in [2.45, 2.75) is 0 Å². The van der Waals surface area contributed by atoms with Crippen LogP contribution in [0.2, 0.25) is 0 Å². The number of rotatable bonds is 7. The van der Waals surface area contributed by atoms with Crippen LogP contribution in [0.15, 0.2) is 47.4 Å². The van der Waals surface area contributed by atoms with Crippen LogP contribution in [0.4, 0.5) is 5.69 Å². The molecule has 1 aliphatic rings. The Morgan fingerprint density at radius 1 is 1.10 bits per heavy atom. The van der Waals surface area contributed by atoms with E-state index in [0.717, 1.165) is 17.3 Å². The lowest BCUT2D eigenvalue weighted by Gasteiger charge is -2.14. The normalized spacial score (nSPS) is 14.8. The van der Waals surface area contributed by atoms with Gasteiger partial charge in [-0.05, 0) is 35.9 Å². The number of anilines is 1. The molecule has 0 aromatic heterocycles. The predicted octanol–water partition coefficient (Wildman–Crippen LogP) is 3.55. The van der Waals surface area contributed by atoms with Crippen LogP contribution in [-0.2, 0) is 9.59 Å². The quantitative estimate of drug-likeness (QED) is 0.517. The van der Waals surface area contributed by atoms with E-state index in [1.54, 1.807) is 63.8 Å². The minimum absolute atomic E-state index is 0.175. The van der Waals surface area contributed by atoms with Crippen molar-refractivity contribution in [3.8, 4) is 17.2 Å². The Bertz CT molecular complexity index is 1020. The maximum absolute atomic E-state index is 12.8. The molecule has 3 rings (SSSR count).